The zero-order valence-corrected chi connectivity index (χ0v) is 13.0. The topological polar surface area (TPSA) is 33.1 Å². The number of nitrogens with one attached hydrogen (secondary N) is 1. The minimum atomic E-state index is 0.476. The monoisotopic (exact) mass is 276 g/mol. The molecule has 20 heavy (non-hydrogen) atoms. The van der Waals surface area contributed by atoms with Gasteiger partial charge in [-0.15, -0.1) is 0 Å². The quantitative estimate of drug-likeness (QED) is 0.809. The largest absolute Gasteiger partial charge is 0.310 e. The summed E-state index contributed by atoms with van der Waals surface area (Å²) in [4.78, 5) is 2.54. The predicted molar refractivity (Wildman–Crippen MR) is 83.7 cm³/mol. The molecule has 0 radical (unpaired) electrons. The van der Waals surface area contributed by atoms with Crippen LogP contribution in [-0.2, 0) is 6.54 Å². The van der Waals surface area contributed by atoms with Gasteiger partial charge in [-0.05, 0) is 52.8 Å². The van der Waals surface area contributed by atoms with Gasteiger partial charge in [-0.1, -0.05) is 11.6 Å². The van der Waals surface area contributed by atoms with E-state index in [0.717, 1.165) is 13.1 Å². The molecule has 0 amide bonds. The van der Waals surface area contributed by atoms with Gasteiger partial charge in [0.1, 0.15) is 0 Å². The van der Waals surface area contributed by atoms with E-state index >= 15 is 0 Å². The summed E-state index contributed by atoms with van der Waals surface area (Å²) in [6, 6.07) is 3.11. The Morgan fingerprint density at radius 3 is 2.75 bits per heavy atom. The van der Waals surface area contributed by atoms with E-state index < -0.39 is 0 Å². The van der Waals surface area contributed by atoms with Gasteiger partial charge in [0.15, 0.2) is 0 Å². The Morgan fingerprint density at radius 1 is 1.40 bits per heavy atom. The van der Waals surface area contributed by atoms with Crippen LogP contribution in [0.1, 0.15) is 33.6 Å². The standard InChI is InChI=1S/C16H28N4/c1-14(2)5-10-19-11-6-16(7-12-19)18-15(3)13-20-9-4-8-17-20/h4-5,8-9,15-16,18H,6-7,10-13H2,1-3H3. The van der Waals surface area contributed by atoms with Crippen molar-refractivity contribution in [3.8, 4) is 0 Å². The fourth-order valence-electron chi connectivity index (χ4n) is 2.74. The van der Waals surface area contributed by atoms with Crippen LogP contribution in [0.15, 0.2) is 30.1 Å². The van der Waals surface area contributed by atoms with E-state index in [4.69, 9.17) is 0 Å². The van der Waals surface area contributed by atoms with E-state index in [1.165, 1.54) is 31.5 Å². The molecule has 4 nitrogen and oxygen atoms in total. The maximum Gasteiger partial charge on any atom is 0.0560 e. The van der Waals surface area contributed by atoms with Crippen LogP contribution in [0.5, 0.6) is 0 Å². The molecule has 1 N–H and O–H groups in total. The Kier molecular flexibility index (Phi) is 5.80. The molecule has 1 aromatic heterocycles. The lowest BCUT2D eigenvalue weighted by molar-refractivity contribution is 0.204. The van der Waals surface area contributed by atoms with Gasteiger partial charge in [-0.2, -0.15) is 5.10 Å². The molecule has 0 aromatic carbocycles. The van der Waals surface area contributed by atoms with Crippen molar-refractivity contribution in [1.82, 2.24) is 20.0 Å². The van der Waals surface area contributed by atoms with Crippen LogP contribution in [0.2, 0.25) is 0 Å². The van der Waals surface area contributed by atoms with Crippen molar-refractivity contribution in [2.75, 3.05) is 19.6 Å². The summed E-state index contributed by atoms with van der Waals surface area (Å²) >= 11 is 0. The average Bonchev–Trinajstić information content (AvgIpc) is 2.90. The Balaban J connectivity index is 1.67. The summed E-state index contributed by atoms with van der Waals surface area (Å²) in [6.07, 6.45) is 8.70. The summed E-state index contributed by atoms with van der Waals surface area (Å²) < 4.78 is 2.00. The maximum atomic E-state index is 4.26. The first-order valence-corrected chi connectivity index (χ1v) is 7.72. The lowest BCUT2D eigenvalue weighted by Gasteiger charge is -2.33. The smallest absolute Gasteiger partial charge is 0.0560 e. The number of hydrogen-bond donors (Lipinski definition) is 1. The fourth-order valence-corrected chi connectivity index (χ4v) is 2.74. The third kappa shape index (κ3) is 5.10. The van der Waals surface area contributed by atoms with Gasteiger partial charge in [0.2, 0.25) is 0 Å². The summed E-state index contributed by atoms with van der Waals surface area (Å²) in [5, 5.41) is 8.00. The summed E-state index contributed by atoms with van der Waals surface area (Å²) in [6.45, 7) is 11.1. The zero-order chi connectivity index (χ0) is 14.4. The molecular formula is C16H28N4. The van der Waals surface area contributed by atoms with E-state index in [9.17, 15) is 0 Å². The Bertz CT molecular complexity index is 398. The molecule has 1 unspecified atom stereocenters. The van der Waals surface area contributed by atoms with Gasteiger partial charge in [0.25, 0.3) is 0 Å². The van der Waals surface area contributed by atoms with E-state index in [2.05, 4.69) is 42.2 Å². The Morgan fingerprint density at radius 2 is 2.15 bits per heavy atom. The molecule has 1 aromatic rings. The molecule has 1 aliphatic rings. The number of allylic oxidation sites excluding steroid dienone is 1. The molecular weight excluding hydrogens is 248 g/mol. The van der Waals surface area contributed by atoms with Crippen LogP contribution in [-0.4, -0.2) is 46.4 Å². The minimum Gasteiger partial charge on any atom is -0.310 e. The van der Waals surface area contributed by atoms with Crippen LogP contribution in [0.25, 0.3) is 0 Å². The molecule has 112 valence electrons. The number of piperidine rings is 1. The molecule has 2 rings (SSSR count). The molecule has 1 atom stereocenters. The highest BCUT2D eigenvalue weighted by Crippen LogP contribution is 2.11. The zero-order valence-electron chi connectivity index (χ0n) is 13.0. The van der Waals surface area contributed by atoms with Crippen LogP contribution in [0.4, 0.5) is 0 Å². The first-order valence-electron chi connectivity index (χ1n) is 7.72. The third-order valence-electron chi connectivity index (χ3n) is 3.89. The van der Waals surface area contributed by atoms with E-state index in [-0.39, 0.29) is 0 Å². The third-order valence-corrected chi connectivity index (χ3v) is 3.89. The van der Waals surface area contributed by atoms with Crippen molar-refractivity contribution in [2.24, 2.45) is 0 Å². The lowest BCUT2D eigenvalue weighted by Crippen LogP contribution is -2.46. The van der Waals surface area contributed by atoms with Crippen LogP contribution < -0.4 is 5.32 Å². The van der Waals surface area contributed by atoms with Crippen molar-refractivity contribution in [3.05, 3.63) is 30.1 Å². The first kappa shape index (κ1) is 15.3. The molecule has 1 aliphatic heterocycles. The fraction of sp³-hybridized carbons (Fsp3) is 0.688. The van der Waals surface area contributed by atoms with Gasteiger partial charge in [0.05, 0.1) is 6.54 Å². The Labute approximate surface area is 122 Å². The molecule has 4 heteroatoms. The first-order chi connectivity index (χ1) is 9.63. The normalized spacial score (nSPS) is 18.9. The second-order valence-corrected chi connectivity index (χ2v) is 6.15. The van der Waals surface area contributed by atoms with Crippen molar-refractivity contribution in [1.29, 1.82) is 0 Å². The molecule has 2 heterocycles. The van der Waals surface area contributed by atoms with Crippen LogP contribution >= 0.6 is 0 Å². The number of aromatic nitrogens is 2. The second kappa shape index (κ2) is 7.60. The van der Waals surface area contributed by atoms with Crippen molar-refractivity contribution in [2.45, 2.75) is 52.2 Å². The Hall–Kier alpha value is -1.13. The molecule has 0 spiro atoms. The molecule has 0 aliphatic carbocycles. The highest BCUT2D eigenvalue weighted by molar-refractivity contribution is 4.95. The molecule has 0 bridgehead atoms. The van der Waals surface area contributed by atoms with Gasteiger partial charge in [-0.3, -0.25) is 9.58 Å². The maximum absolute atomic E-state index is 4.26. The average molecular weight is 276 g/mol. The molecule has 1 saturated heterocycles. The highest BCUT2D eigenvalue weighted by Gasteiger charge is 2.19. The second-order valence-electron chi connectivity index (χ2n) is 6.15. The van der Waals surface area contributed by atoms with Gasteiger partial charge >= 0.3 is 0 Å². The van der Waals surface area contributed by atoms with Crippen LogP contribution in [0, 0.1) is 0 Å². The summed E-state index contributed by atoms with van der Waals surface area (Å²) in [7, 11) is 0. The summed E-state index contributed by atoms with van der Waals surface area (Å²) in [5.41, 5.74) is 1.41. The minimum absolute atomic E-state index is 0.476. The van der Waals surface area contributed by atoms with Gasteiger partial charge in [0, 0.05) is 31.0 Å². The van der Waals surface area contributed by atoms with Crippen molar-refractivity contribution >= 4 is 0 Å². The number of nitrogens with zero attached hydrogens (tertiary/aromatic N) is 3. The lowest BCUT2D eigenvalue weighted by atomic mass is 10.0. The van der Waals surface area contributed by atoms with Gasteiger partial charge in [-0.25, -0.2) is 0 Å². The van der Waals surface area contributed by atoms with E-state index in [1.807, 2.05) is 23.1 Å². The van der Waals surface area contributed by atoms with Crippen molar-refractivity contribution in [3.63, 3.8) is 0 Å². The van der Waals surface area contributed by atoms with E-state index in [0.29, 0.717) is 12.1 Å². The number of likely N-dealkylation sites (tertiary alicyclic amines) is 1. The molecule has 0 saturated carbocycles. The molecule has 1 fully saturated rings. The van der Waals surface area contributed by atoms with Crippen LogP contribution in [0.3, 0.4) is 0 Å². The highest BCUT2D eigenvalue weighted by atomic mass is 15.3. The number of hydrogen-bond acceptors (Lipinski definition) is 3. The van der Waals surface area contributed by atoms with Gasteiger partial charge < -0.3 is 5.32 Å². The predicted octanol–water partition coefficient (Wildman–Crippen LogP) is 2.29. The summed E-state index contributed by atoms with van der Waals surface area (Å²) in [5.74, 6) is 0. The van der Waals surface area contributed by atoms with E-state index in [1.54, 1.807) is 0 Å². The van der Waals surface area contributed by atoms with Crippen molar-refractivity contribution < 1.29 is 0 Å². The SMILES string of the molecule is CC(C)=CCN1CCC(NC(C)Cn2cccn2)CC1. The number of rotatable bonds is 6.